The molecule has 1 aromatic heterocycles. The van der Waals surface area contributed by atoms with E-state index in [9.17, 15) is 4.79 Å². The molecular weight excluding hydrogens is 314 g/mol. The summed E-state index contributed by atoms with van der Waals surface area (Å²) in [6, 6.07) is 17.5. The van der Waals surface area contributed by atoms with Gasteiger partial charge in [0.15, 0.2) is 0 Å². The Kier molecular flexibility index (Phi) is 5.46. The Morgan fingerprint density at radius 3 is 2.68 bits per heavy atom. The van der Waals surface area contributed by atoms with Crippen LogP contribution in [-0.4, -0.2) is 22.6 Å². The van der Waals surface area contributed by atoms with E-state index >= 15 is 0 Å². The Morgan fingerprint density at radius 1 is 1.12 bits per heavy atom. The molecule has 5 nitrogen and oxygen atoms in total. The standard InChI is InChI=1S/C20H21N3O2/c1-25-18-10-6-5-9-17(18)20(24)22-15-19-21-12-14-23(19)13-11-16-7-3-2-4-8-16/h2-10,12,14H,11,13,15H2,1H3,(H,22,24). The van der Waals surface area contributed by atoms with Crippen LogP contribution >= 0.6 is 0 Å². The van der Waals surface area contributed by atoms with Crippen LogP contribution in [0.15, 0.2) is 67.0 Å². The van der Waals surface area contributed by atoms with Gasteiger partial charge >= 0.3 is 0 Å². The number of aryl methyl sites for hydroxylation is 2. The number of benzene rings is 2. The van der Waals surface area contributed by atoms with Gasteiger partial charge in [-0.15, -0.1) is 0 Å². The van der Waals surface area contributed by atoms with Crippen molar-refractivity contribution in [1.82, 2.24) is 14.9 Å². The summed E-state index contributed by atoms with van der Waals surface area (Å²) < 4.78 is 7.30. The molecule has 1 amide bonds. The van der Waals surface area contributed by atoms with Crippen LogP contribution < -0.4 is 10.1 Å². The summed E-state index contributed by atoms with van der Waals surface area (Å²) in [4.78, 5) is 16.7. The molecule has 0 saturated carbocycles. The number of carbonyl (C=O) groups excluding carboxylic acids is 1. The molecule has 0 atom stereocenters. The van der Waals surface area contributed by atoms with Gasteiger partial charge in [-0.25, -0.2) is 4.98 Å². The van der Waals surface area contributed by atoms with Gasteiger partial charge in [0.1, 0.15) is 11.6 Å². The number of aromatic nitrogens is 2. The predicted octanol–water partition coefficient (Wildman–Crippen LogP) is 3.06. The zero-order chi connectivity index (χ0) is 17.5. The zero-order valence-electron chi connectivity index (χ0n) is 14.2. The van der Waals surface area contributed by atoms with Gasteiger partial charge in [0, 0.05) is 18.9 Å². The van der Waals surface area contributed by atoms with E-state index in [1.807, 2.05) is 36.5 Å². The lowest BCUT2D eigenvalue weighted by atomic mass is 10.1. The second kappa shape index (κ2) is 8.15. The number of carbonyl (C=O) groups is 1. The highest BCUT2D eigenvalue weighted by molar-refractivity contribution is 5.96. The molecule has 3 aromatic rings. The monoisotopic (exact) mass is 335 g/mol. The van der Waals surface area contributed by atoms with Crippen molar-refractivity contribution in [2.45, 2.75) is 19.5 Å². The molecule has 0 bridgehead atoms. The molecule has 2 aromatic carbocycles. The number of rotatable bonds is 7. The summed E-state index contributed by atoms with van der Waals surface area (Å²) in [5.41, 5.74) is 1.80. The fourth-order valence-electron chi connectivity index (χ4n) is 2.69. The molecule has 0 radical (unpaired) electrons. The molecule has 0 saturated heterocycles. The SMILES string of the molecule is COc1ccccc1C(=O)NCc1nccn1CCc1ccccc1. The molecule has 5 heteroatoms. The Labute approximate surface area is 147 Å². The number of hydrogen-bond acceptors (Lipinski definition) is 3. The average Bonchev–Trinajstić information content (AvgIpc) is 3.12. The fourth-order valence-corrected chi connectivity index (χ4v) is 2.69. The van der Waals surface area contributed by atoms with Crippen molar-refractivity contribution in [3.63, 3.8) is 0 Å². The Balaban J connectivity index is 1.60. The van der Waals surface area contributed by atoms with Gasteiger partial charge in [-0.1, -0.05) is 42.5 Å². The van der Waals surface area contributed by atoms with E-state index in [0.717, 1.165) is 18.8 Å². The quantitative estimate of drug-likeness (QED) is 0.722. The van der Waals surface area contributed by atoms with Crippen LogP contribution in [0.1, 0.15) is 21.7 Å². The Hall–Kier alpha value is -3.08. The molecule has 0 aliphatic carbocycles. The van der Waals surface area contributed by atoms with Crippen LogP contribution in [0.3, 0.4) is 0 Å². The molecular formula is C20H21N3O2. The van der Waals surface area contributed by atoms with E-state index < -0.39 is 0 Å². The molecule has 0 aliphatic heterocycles. The van der Waals surface area contributed by atoms with E-state index in [1.165, 1.54) is 5.56 Å². The normalized spacial score (nSPS) is 10.4. The second-order valence-corrected chi connectivity index (χ2v) is 5.66. The van der Waals surface area contributed by atoms with Gasteiger partial charge in [0.2, 0.25) is 0 Å². The van der Waals surface area contributed by atoms with E-state index in [4.69, 9.17) is 4.74 Å². The van der Waals surface area contributed by atoms with E-state index in [2.05, 4.69) is 27.0 Å². The third-order valence-electron chi connectivity index (χ3n) is 4.04. The summed E-state index contributed by atoms with van der Waals surface area (Å²) >= 11 is 0. The number of imidazole rings is 1. The van der Waals surface area contributed by atoms with Crippen molar-refractivity contribution in [3.8, 4) is 5.75 Å². The molecule has 1 heterocycles. The minimum atomic E-state index is -0.171. The molecule has 3 rings (SSSR count). The fraction of sp³-hybridized carbons (Fsp3) is 0.200. The Morgan fingerprint density at radius 2 is 1.88 bits per heavy atom. The molecule has 1 N–H and O–H groups in total. The maximum absolute atomic E-state index is 12.4. The average molecular weight is 335 g/mol. The summed E-state index contributed by atoms with van der Waals surface area (Å²) in [6.45, 7) is 1.20. The van der Waals surface area contributed by atoms with Crippen molar-refractivity contribution < 1.29 is 9.53 Å². The first-order chi connectivity index (χ1) is 12.3. The summed E-state index contributed by atoms with van der Waals surface area (Å²) in [5, 5.41) is 2.91. The summed E-state index contributed by atoms with van der Waals surface area (Å²) in [6.07, 6.45) is 4.62. The van der Waals surface area contributed by atoms with Crippen LogP contribution in [0.4, 0.5) is 0 Å². The largest absolute Gasteiger partial charge is 0.496 e. The van der Waals surface area contributed by atoms with Crippen molar-refractivity contribution in [3.05, 3.63) is 83.9 Å². The van der Waals surface area contributed by atoms with Crippen molar-refractivity contribution in [2.75, 3.05) is 7.11 Å². The van der Waals surface area contributed by atoms with Crippen LogP contribution in [0, 0.1) is 0 Å². The minimum Gasteiger partial charge on any atom is -0.496 e. The number of amides is 1. The van der Waals surface area contributed by atoms with Crippen molar-refractivity contribution >= 4 is 5.91 Å². The lowest BCUT2D eigenvalue weighted by Crippen LogP contribution is -2.25. The van der Waals surface area contributed by atoms with E-state index in [0.29, 0.717) is 17.9 Å². The molecule has 25 heavy (non-hydrogen) atoms. The molecule has 128 valence electrons. The highest BCUT2D eigenvalue weighted by Gasteiger charge is 2.12. The highest BCUT2D eigenvalue weighted by atomic mass is 16.5. The molecule has 0 unspecified atom stereocenters. The van der Waals surface area contributed by atoms with Gasteiger partial charge in [-0.2, -0.15) is 0 Å². The van der Waals surface area contributed by atoms with Gasteiger partial charge in [0.25, 0.3) is 5.91 Å². The van der Waals surface area contributed by atoms with E-state index in [-0.39, 0.29) is 5.91 Å². The first-order valence-electron chi connectivity index (χ1n) is 8.23. The maximum Gasteiger partial charge on any atom is 0.255 e. The first kappa shape index (κ1) is 16.8. The van der Waals surface area contributed by atoms with E-state index in [1.54, 1.807) is 25.4 Å². The van der Waals surface area contributed by atoms with Crippen LogP contribution in [0.2, 0.25) is 0 Å². The van der Waals surface area contributed by atoms with Gasteiger partial charge in [-0.3, -0.25) is 4.79 Å². The summed E-state index contributed by atoms with van der Waals surface area (Å²) in [7, 11) is 1.56. The number of nitrogens with zero attached hydrogens (tertiary/aromatic N) is 2. The van der Waals surface area contributed by atoms with Crippen LogP contribution in [0.25, 0.3) is 0 Å². The lowest BCUT2D eigenvalue weighted by molar-refractivity contribution is 0.0946. The third-order valence-corrected chi connectivity index (χ3v) is 4.04. The topological polar surface area (TPSA) is 56.1 Å². The van der Waals surface area contributed by atoms with Gasteiger partial charge < -0.3 is 14.6 Å². The van der Waals surface area contributed by atoms with Crippen LogP contribution in [0.5, 0.6) is 5.75 Å². The number of hydrogen-bond donors (Lipinski definition) is 1. The zero-order valence-corrected chi connectivity index (χ0v) is 14.2. The van der Waals surface area contributed by atoms with Gasteiger partial charge in [-0.05, 0) is 24.1 Å². The summed E-state index contributed by atoms with van der Waals surface area (Å²) in [5.74, 6) is 1.22. The number of ether oxygens (including phenoxy) is 1. The molecule has 0 spiro atoms. The van der Waals surface area contributed by atoms with Crippen molar-refractivity contribution in [1.29, 1.82) is 0 Å². The number of para-hydroxylation sites is 1. The second-order valence-electron chi connectivity index (χ2n) is 5.66. The van der Waals surface area contributed by atoms with Gasteiger partial charge in [0.05, 0.1) is 19.2 Å². The Bertz CT molecular complexity index is 828. The number of nitrogens with one attached hydrogen (secondary N) is 1. The smallest absolute Gasteiger partial charge is 0.255 e. The highest BCUT2D eigenvalue weighted by Crippen LogP contribution is 2.17. The predicted molar refractivity (Wildman–Crippen MR) is 96.5 cm³/mol. The lowest BCUT2D eigenvalue weighted by Gasteiger charge is -2.11. The minimum absolute atomic E-state index is 0.171. The third kappa shape index (κ3) is 4.26. The van der Waals surface area contributed by atoms with Crippen molar-refractivity contribution in [2.24, 2.45) is 0 Å². The molecule has 0 aliphatic rings. The first-order valence-corrected chi connectivity index (χ1v) is 8.23. The molecule has 0 fully saturated rings. The number of methoxy groups -OCH3 is 1. The maximum atomic E-state index is 12.4. The van der Waals surface area contributed by atoms with Crippen LogP contribution in [-0.2, 0) is 19.5 Å².